The second kappa shape index (κ2) is 5.39. The molecule has 4 atom stereocenters. The highest BCUT2D eigenvalue weighted by Gasteiger charge is 2.72. The normalized spacial score (nSPS) is 34.5. The lowest BCUT2D eigenvalue weighted by Crippen LogP contribution is -2.43. The Labute approximate surface area is 154 Å². The van der Waals surface area contributed by atoms with Crippen molar-refractivity contribution in [1.82, 2.24) is 0 Å². The Morgan fingerprint density at radius 3 is 2.65 bits per heavy atom. The number of nitrogens with zero attached hydrogens (tertiary/aromatic N) is 1. The molecule has 0 radical (unpaired) electrons. The predicted molar refractivity (Wildman–Crippen MR) is 90.7 cm³/mol. The zero-order valence-electron chi connectivity index (χ0n) is 14.1. The van der Waals surface area contributed by atoms with Crippen molar-refractivity contribution in [3.05, 3.63) is 40.9 Å². The van der Waals surface area contributed by atoms with E-state index in [-0.39, 0.29) is 16.3 Å². The molecule has 26 heavy (non-hydrogen) atoms. The lowest BCUT2D eigenvalue weighted by Gasteiger charge is -2.27. The third kappa shape index (κ3) is 1.99. The van der Waals surface area contributed by atoms with Gasteiger partial charge in [-0.2, -0.15) is 0 Å². The molecule has 2 bridgehead atoms. The fourth-order valence-electron chi connectivity index (χ4n) is 4.21. The van der Waals surface area contributed by atoms with Crippen LogP contribution in [0.15, 0.2) is 30.4 Å². The maximum atomic E-state index is 13.1. The molecule has 2 fully saturated rings. The van der Waals surface area contributed by atoms with Crippen LogP contribution in [0.5, 0.6) is 0 Å². The Hall–Kier alpha value is -2.22. The number of ether oxygens (including phenoxy) is 2. The van der Waals surface area contributed by atoms with Crippen LogP contribution in [-0.4, -0.2) is 47.8 Å². The van der Waals surface area contributed by atoms with Gasteiger partial charge in [-0.3, -0.25) is 9.59 Å². The van der Waals surface area contributed by atoms with E-state index in [1.54, 1.807) is 19.1 Å². The molecule has 3 aliphatic rings. The first-order chi connectivity index (χ1) is 12.3. The number of imide groups is 1. The van der Waals surface area contributed by atoms with E-state index >= 15 is 0 Å². The van der Waals surface area contributed by atoms with E-state index in [1.807, 2.05) is 0 Å². The number of aliphatic hydroxyl groups is 1. The van der Waals surface area contributed by atoms with Gasteiger partial charge in [0.2, 0.25) is 11.8 Å². The van der Waals surface area contributed by atoms with Crippen LogP contribution in [0.3, 0.4) is 0 Å². The van der Waals surface area contributed by atoms with Gasteiger partial charge in [0, 0.05) is 0 Å². The van der Waals surface area contributed by atoms with Gasteiger partial charge in [-0.1, -0.05) is 23.8 Å². The molecule has 4 rings (SSSR count). The van der Waals surface area contributed by atoms with Crippen molar-refractivity contribution in [3.63, 3.8) is 0 Å². The Balaban J connectivity index is 1.79. The first-order valence-electron chi connectivity index (χ1n) is 8.05. The number of halogens is 1. The van der Waals surface area contributed by atoms with E-state index < -0.39 is 47.4 Å². The van der Waals surface area contributed by atoms with Crippen molar-refractivity contribution in [2.75, 3.05) is 18.6 Å². The highest BCUT2D eigenvalue weighted by molar-refractivity contribution is 6.34. The standard InChI is InChI=1S/C18H16ClNO6/c1-17-5-6-18(8-21,26-17)13-12(17)14(22)20(15(13)23)9-3-4-11(19)10(7-9)16(24)25-2/h3-7,12-13,21H,8H2,1-2H3/t12-,13-,17-,18+/m1/s1. The summed E-state index contributed by atoms with van der Waals surface area (Å²) in [6.07, 6.45) is 3.38. The third-order valence-corrected chi connectivity index (χ3v) is 5.75. The molecule has 1 N–H and O–H groups in total. The molecule has 7 nitrogen and oxygen atoms in total. The Morgan fingerprint density at radius 2 is 2.00 bits per heavy atom. The number of anilines is 1. The molecule has 8 heteroatoms. The van der Waals surface area contributed by atoms with Crippen LogP contribution < -0.4 is 4.90 Å². The fraction of sp³-hybridized carbons (Fsp3) is 0.389. The van der Waals surface area contributed by atoms with Crippen LogP contribution in [0.2, 0.25) is 5.02 Å². The maximum Gasteiger partial charge on any atom is 0.339 e. The second-order valence-electron chi connectivity index (χ2n) is 6.86. The van der Waals surface area contributed by atoms with Gasteiger partial charge in [0.05, 0.1) is 47.4 Å². The van der Waals surface area contributed by atoms with Crippen molar-refractivity contribution in [2.45, 2.75) is 18.1 Å². The largest absolute Gasteiger partial charge is 0.465 e. The number of hydrogen-bond acceptors (Lipinski definition) is 6. The van der Waals surface area contributed by atoms with Crippen molar-refractivity contribution >= 4 is 35.1 Å². The number of aliphatic hydroxyl groups excluding tert-OH is 1. The molecule has 3 heterocycles. The lowest BCUT2D eigenvalue weighted by atomic mass is 9.73. The third-order valence-electron chi connectivity index (χ3n) is 5.42. The first-order valence-corrected chi connectivity index (χ1v) is 8.43. The summed E-state index contributed by atoms with van der Waals surface area (Å²) in [5.74, 6) is -3.11. The number of carbonyl (C=O) groups is 3. The summed E-state index contributed by atoms with van der Waals surface area (Å²) in [5.41, 5.74) is -1.86. The lowest BCUT2D eigenvalue weighted by molar-refractivity contribution is -0.131. The number of esters is 1. The van der Waals surface area contributed by atoms with Gasteiger partial charge < -0.3 is 14.6 Å². The molecule has 1 aromatic rings. The Morgan fingerprint density at radius 1 is 1.31 bits per heavy atom. The summed E-state index contributed by atoms with van der Waals surface area (Å²) < 4.78 is 10.5. The average molecular weight is 378 g/mol. The van der Waals surface area contributed by atoms with Gasteiger partial charge in [0.15, 0.2) is 0 Å². The molecule has 3 aliphatic heterocycles. The van der Waals surface area contributed by atoms with Gasteiger partial charge in [-0.25, -0.2) is 9.69 Å². The molecule has 136 valence electrons. The number of rotatable bonds is 3. The van der Waals surface area contributed by atoms with Crippen LogP contribution in [-0.2, 0) is 19.1 Å². The quantitative estimate of drug-likeness (QED) is 0.485. The molecular formula is C18H16ClNO6. The van der Waals surface area contributed by atoms with Crippen molar-refractivity contribution in [2.24, 2.45) is 11.8 Å². The van der Waals surface area contributed by atoms with Crippen LogP contribution >= 0.6 is 11.6 Å². The number of hydrogen-bond donors (Lipinski definition) is 1. The van der Waals surface area contributed by atoms with E-state index in [2.05, 4.69) is 4.74 Å². The summed E-state index contributed by atoms with van der Waals surface area (Å²) in [4.78, 5) is 39.0. The monoisotopic (exact) mass is 377 g/mol. The Bertz CT molecular complexity index is 882. The summed E-state index contributed by atoms with van der Waals surface area (Å²) >= 11 is 6.02. The van der Waals surface area contributed by atoms with Crippen LogP contribution in [0.1, 0.15) is 17.3 Å². The number of amides is 2. The summed E-state index contributed by atoms with van der Waals surface area (Å²) in [7, 11) is 1.22. The molecule has 0 saturated carbocycles. The van der Waals surface area contributed by atoms with Crippen LogP contribution in [0, 0.1) is 11.8 Å². The molecule has 2 saturated heterocycles. The summed E-state index contributed by atoms with van der Waals surface area (Å²) in [5, 5.41) is 9.97. The van der Waals surface area contributed by atoms with Gasteiger partial charge in [-0.15, -0.1) is 0 Å². The van der Waals surface area contributed by atoms with Crippen molar-refractivity contribution in [3.8, 4) is 0 Å². The van der Waals surface area contributed by atoms with E-state index in [1.165, 1.54) is 25.3 Å². The van der Waals surface area contributed by atoms with Gasteiger partial charge >= 0.3 is 5.97 Å². The predicted octanol–water partition coefficient (Wildman–Crippen LogP) is 1.32. The number of carbonyl (C=O) groups excluding carboxylic acids is 3. The maximum absolute atomic E-state index is 13.1. The summed E-state index contributed by atoms with van der Waals surface area (Å²) in [6.45, 7) is 1.32. The first kappa shape index (κ1) is 17.2. The minimum Gasteiger partial charge on any atom is -0.465 e. The van der Waals surface area contributed by atoms with E-state index in [4.69, 9.17) is 16.3 Å². The van der Waals surface area contributed by atoms with Crippen LogP contribution in [0.25, 0.3) is 0 Å². The zero-order valence-corrected chi connectivity index (χ0v) is 14.8. The number of benzene rings is 1. The highest BCUT2D eigenvalue weighted by atomic mass is 35.5. The van der Waals surface area contributed by atoms with Gasteiger partial charge in [-0.05, 0) is 25.1 Å². The number of fused-ring (bicyclic) bond motifs is 5. The van der Waals surface area contributed by atoms with Crippen LogP contribution in [0.4, 0.5) is 5.69 Å². The smallest absolute Gasteiger partial charge is 0.339 e. The van der Waals surface area contributed by atoms with Crippen molar-refractivity contribution in [1.29, 1.82) is 0 Å². The highest BCUT2D eigenvalue weighted by Crippen LogP contribution is 2.57. The summed E-state index contributed by atoms with van der Waals surface area (Å²) in [6, 6.07) is 4.29. The van der Waals surface area contributed by atoms with Gasteiger partial charge in [0.25, 0.3) is 0 Å². The van der Waals surface area contributed by atoms with Crippen molar-refractivity contribution < 1.29 is 29.0 Å². The van der Waals surface area contributed by atoms with Gasteiger partial charge in [0.1, 0.15) is 5.60 Å². The molecule has 2 amide bonds. The van der Waals surface area contributed by atoms with E-state index in [0.29, 0.717) is 0 Å². The van der Waals surface area contributed by atoms with E-state index in [0.717, 1.165) is 4.90 Å². The number of methoxy groups -OCH3 is 1. The Kier molecular flexibility index (Phi) is 3.57. The molecule has 1 aromatic carbocycles. The molecule has 0 spiro atoms. The zero-order chi connectivity index (χ0) is 18.9. The SMILES string of the molecule is COC(=O)c1cc(N2C(=O)[C@H]3[C@H](C2=O)[C@@]2(CO)C=C[C@@]3(C)O2)ccc1Cl. The molecule has 0 aliphatic carbocycles. The molecular weight excluding hydrogens is 362 g/mol. The second-order valence-corrected chi connectivity index (χ2v) is 7.26. The molecule has 0 unspecified atom stereocenters. The average Bonchev–Trinajstić information content (AvgIpc) is 3.21. The topological polar surface area (TPSA) is 93.1 Å². The fourth-order valence-corrected chi connectivity index (χ4v) is 4.41. The van der Waals surface area contributed by atoms with E-state index in [9.17, 15) is 19.5 Å². The molecule has 0 aromatic heterocycles. The minimum absolute atomic E-state index is 0.0600. The minimum atomic E-state index is -1.20.